The average Bonchev–Trinajstić information content (AvgIpc) is 3.63. The molecule has 0 saturated heterocycles. The normalized spacial score (nSPS) is 16.6. The number of allylic oxidation sites excluding steroid dienone is 4. The maximum absolute atomic E-state index is 2.54. The molecule has 256 valence electrons. The van der Waals surface area contributed by atoms with Gasteiger partial charge in [0.05, 0.1) is 5.69 Å². The molecule has 3 aliphatic carbocycles. The van der Waals surface area contributed by atoms with Crippen LogP contribution < -0.4 is 4.90 Å². The lowest BCUT2D eigenvalue weighted by Crippen LogP contribution is -2.19. The van der Waals surface area contributed by atoms with Gasteiger partial charge in [0, 0.05) is 33.2 Å². The highest BCUT2D eigenvalue weighted by Crippen LogP contribution is 2.58. The minimum atomic E-state index is -0.127. The van der Waals surface area contributed by atoms with Crippen molar-refractivity contribution in [1.29, 1.82) is 0 Å². The zero-order chi connectivity index (χ0) is 36.2. The van der Waals surface area contributed by atoms with Gasteiger partial charge in [-0.15, -0.1) is 0 Å². The van der Waals surface area contributed by atoms with Crippen molar-refractivity contribution in [2.75, 3.05) is 4.90 Å². The summed E-state index contributed by atoms with van der Waals surface area (Å²) in [4.78, 5) is 2.47. The smallest absolute Gasteiger partial charge is 0.0536 e. The van der Waals surface area contributed by atoms with E-state index >= 15 is 0 Å². The monoisotopic (exact) mass is 673 g/mol. The summed E-state index contributed by atoms with van der Waals surface area (Å²) in [6, 6.07) is 46.1. The molecule has 0 aromatic heterocycles. The predicted molar refractivity (Wildman–Crippen MR) is 222 cm³/mol. The molecule has 1 heteroatoms. The number of hydrogen-bond donors (Lipinski definition) is 0. The number of hydrogen-bond acceptors (Lipinski definition) is 1. The van der Waals surface area contributed by atoms with Crippen molar-refractivity contribution < 1.29 is 0 Å². The van der Waals surface area contributed by atoms with Gasteiger partial charge in [-0.3, -0.25) is 0 Å². The first-order valence-electron chi connectivity index (χ1n) is 18.8. The van der Waals surface area contributed by atoms with Gasteiger partial charge in [0.25, 0.3) is 0 Å². The van der Waals surface area contributed by atoms with Crippen molar-refractivity contribution in [2.24, 2.45) is 0 Å². The van der Waals surface area contributed by atoms with E-state index in [0.29, 0.717) is 0 Å². The Morgan fingerprint density at radius 3 is 1.67 bits per heavy atom. The lowest BCUT2D eigenvalue weighted by molar-refractivity contribution is 0.639. The van der Waals surface area contributed by atoms with E-state index in [4.69, 9.17) is 0 Å². The molecule has 0 radical (unpaired) electrons. The van der Waals surface area contributed by atoms with Crippen molar-refractivity contribution in [2.45, 2.75) is 71.6 Å². The third kappa shape index (κ3) is 4.41. The molecule has 0 fully saturated rings. The highest BCUT2D eigenvalue weighted by Gasteiger charge is 2.43. The number of para-hydroxylation sites is 1. The minimum Gasteiger partial charge on any atom is -0.314 e. The van der Waals surface area contributed by atoms with E-state index in [9.17, 15) is 0 Å². The van der Waals surface area contributed by atoms with Crippen LogP contribution in [0.15, 0.2) is 145 Å². The van der Waals surface area contributed by atoms with Crippen LogP contribution in [0.5, 0.6) is 0 Å². The van der Waals surface area contributed by atoms with Crippen molar-refractivity contribution in [1.82, 2.24) is 0 Å². The molecule has 0 N–H and O–H groups in total. The number of fused-ring (bicyclic) bond motifs is 9. The first-order valence-corrected chi connectivity index (χ1v) is 18.8. The molecule has 0 aliphatic heterocycles. The number of benzene rings is 6. The first kappa shape index (κ1) is 32.5. The van der Waals surface area contributed by atoms with Gasteiger partial charge in [0.1, 0.15) is 0 Å². The Hall–Kier alpha value is -5.40. The van der Waals surface area contributed by atoms with Gasteiger partial charge < -0.3 is 4.90 Å². The fraction of sp³-hybridized carbons (Fsp3) is 0.216. The summed E-state index contributed by atoms with van der Waals surface area (Å²) in [6.45, 7) is 18.6. The average molecular weight is 674 g/mol. The minimum absolute atomic E-state index is 0.0374. The zero-order valence-electron chi connectivity index (χ0n) is 31.7. The second-order valence-electron chi connectivity index (χ2n) is 16.6. The first-order chi connectivity index (χ1) is 25.0. The van der Waals surface area contributed by atoms with Crippen LogP contribution in [0.2, 0.25) is 0 Å². The molecule has 0 spiro atoms. The van der Waals surface area contributed by atoms with Crippen molar-refractivity contribution in [3.05, 3.63) is 179 Å². The van der Waals surface area contributed by atoms with Crippen LogP contribution in [-0.2, 0) is 16.2 Å². The second-order valence-corrected chi connectivity index (χ2v) is 16.6. The summed E-state index contributed by atoms with van der Waals surface area (Å²) in [6.07, 6.45) is 6.49. The molecule has 0 unspecified atom stereocenters. The van der Waals surface area contributed by atoms with E-state index in [1.165, 1.54) is 95.0 Å². The fourth-order valence-corrected chi connectivity index (χ4v) is 9.77. The summed E-state index contributed by atoms with van der Waals surface area (Å²) in [7, 11) is 0. The van der Waals surface area contributed by atoms with E-state index in [2.05, 4.69) is 200 Å². The van der Waals surface area contributed by atoms with E-state index in [0.717, 1.165) is 0 Å². The van der Waals surface area contributed by atoms with Crippen LogP contribution in [0.25, 0.3) is 44.5 Å². The molecule has 3 aliphatic rings. The Morgan fingerprint density at radius 1 is 0.462 bits per heavy atom. The molecule has 0 amide bonds. The molecule has 52 heavy (non-hydrogen) atoms. The van der Waals surface area contributed by atoms with Gasteiger partial charge in [-0.25, -0.2) is 0 Å². The molecule has 9 rings (SSSR count). The number of rotatable bonds is 5. The lowest BCUT2D eigenvalue weighted by Gasteiger charge is -2.30. The maximum Gasteiger partial charge on any atom is 0.0536 e. The zero-order valence-corrected chi connectivity index (χ0v) is 31.7. The quantitative estimate of drug-likeness (QED) is 0.165. The number of nitrogens with zero attached hydrogens (tertiary/aromatic N) is 1. The van der Waals surface area contributed by atoms with Crippen molar-refractivity contribution in [3.63, 3.8) is 0 Å². The molecule has 6 aromatic carbocycles. The highest BCUT2D eigenvalue weighted by atomic mass is 15.1. The molecule has 0 atom stereocenters. The topological polar surface area (TPSA) is 3.24 Å². The van der Waals surface area contributed by atoms with Crippen LogP contribution in [0.4, 0.5) is 11.4 Å². The molecule has 6 aromatic rings. The molecule has 0 saturated carbocycles. The molecule has 1 nitrogen and oxygen atoms in total. The van der Waals surface area contributed by atoms with E-state index in [-0.39, 0.29) is 16.2 Å². The SMILES string of the molecule is C/C=C\C=C(/C)N(c1ccc2c(c1)C(C)(C)c1ccccc1-2)c1ccccc1-c1cccc2c1-c1cc3c(cc1C2(C)C)C(C)(C)c1ccccc1-3. The lowest BCUT2D eigenvalue weighted by atomic mass is 9.77. The summed E-state index contributed by atoms with van der Waals surface area (Å²) in [5.74, 6) is 0. The summed E-state index contributed by atoms with van der Waals surface area (Å²) < 4.78 is 0. The van der Waals surface area contributed by atoms with E-state index < -0.39 is 0 Å². The third-order valence-electron chi connectivity index (χ3n) is 12.5. The Balaban J connectivity index is 1.26. The van der Waals surface area contributed by atoms with Crippen LogP contribution in [0.1, 0.15) is 88.8 Å². The summed E-state index contributed by atoms with van der Waals surface area (Å²) >= 11 is 0. The van der Waals surface area contributed by atoms with Crippen LogP contribution in [-0.4, -0.2) is 0 Å². The molecule has 0 bridgehead atoms. The van der Waals surface area contributed by atoms with Crippen molar-refractivity contribution in [3.8, 4) is 44.5 Å². The molecule has 0 heterocycles. The van der Waals surface area contributed by atoms with Gasteiger partial charge in [-0.2, -0.15) is 0 Å². The summed E-state index contributed by atoms with van der Waals surface area (Å²) in [5, 5.41) is 0. The van der Waals surface area contributed by atoms with E-state index in [1.807, 2.05) is 0 Å². The molecular weight excluding hydrogens is 627 g/mol. The Morgan fingerprint density at radius 2 is 0.981 bits per heavy atom. The van der Waals surface area contributed by atoms with Gasteiger partial charge >= 0.3 is 0 Å². The van der Waals surface area contributed by atoms with Gasteiger partial charge in [0.2, 0.25) is 0 Å². The Labute approximate surface area is 310 Å². The van der Waals surface area contributed by atoms with Gasteiger partial charge in [-0.1, -0.05) is 151 Å². The van der Waals surface area contributed by atoms with Crippen LogP contribution in [0.3, 0.4) is 0 Å². The largest absolute Gasteiger partial charge is 0.314 e. The van der Waals surface area contributed by atoms with E-state index in [1.54, 1.807) is 0 Å². The fourth-order valence-electron chi connectivity index (χ4n) is 9.77. The maximum atomic E-state index is 2.54. The van der Waals surface area contributed by atoms with Gasteiger partial charge in [0.15, 0.2) is 0 Å². The predicted octanol–water partition coefficient (Wildman–Crippen LogP) is 13.9. The summed E-state index contributed by atoms with van der Waals surface area (Å²) in [5.41, 5.74) is 22.4. The van der Waals surface area contributed by atoms with Crippen LogP contribution >= 0.6 is 0 Å². The standard InChI is InChI=1S/C51H47N/c1-9-10-18-32(2)52(33-27-28-36-34-19-11-14-23-41(34)49(3,4)44(36)29-33)47-26-16-13-21-37(47)38-22-17-25-43-48(38)40-30-39-35-20-12-15-24-42(35)50(5,6)45(39)31-46(40)51(43,7)8/h9-31H,1-8H3/b10-9-,32-18+. The molecular formula is C51H47N. The van der Waals surface area contributed by atoms with Crippen molar-refractivity contribution >= 4 is 11.4 Å². The van der Waals surface area contributed by atoms with Gasteiger partial charge in [-0.05, 0) is 117 Å². The Bertz CT molecular complexity index is 2520. The highest BCUT2D eigenvalue weighted by molar-refractivity contribution is 5.99. The Kier molecular flexibility index (Phi) is 7.06. The number of anilines is 2. The van der Waals surface area contributed by atoms with Crippen LogP contribution in [0, 0.1) is 0 Å². The third-order valence-corrected chi connectivity index (χ3v) is 12.5. The second kappa shape index (κ2) is 11.3.